The summed E-state index contributed by atoms with van der Waals surface area (Å²) < 4.78 is 5.53. The highest BCUT2D eigenvalue weighted by Gasteiger charge is 2.18. The largest absolute Gasteiger partial charge is 0.481 e. The van der Waals surface area contributed by atoms with Crippen LogP contribution in [0.4, 0.5) is 4.79 Å². The number of carbonyl (C=O) groups is 2. The minimum Gasteiger partial charge on any atom is -0.481 e. The second-order valence-electron chi connectivity index (χ2n) is 4.17. The molecule has 0 radical (unpaired) electrons. The first-order chi connectivity index (χ1) is 8.95. The molecule has 1 rings (SSSR count). The predicted octanol–water partition coefficient (Wildman–Crippen LogP) is 1.06. The Morgan fingerprint density at radius 1 is 1.37 bits per heavy atom. The van der Waals surface area contributed by atoms with Crippen molar-refractivity contribution in [2.24, 2.45) is 11.5 Å². The highest BCUT2D eigenvalue weighted by molar-refractivity contribution is 5.95. The number of hydrogen-bond acceptors (Lipinski definition) is 4. The molecular formula is C13H19N3O3. The van der Waals surface area contributed by atoms with Crippen LogP contribution in [-0.2, 0) is 4.79 Å². The molecule has 0 saturated carbocycles. The summed E-state index contributed by atoms with van der Waals surface area (Å²) in [7, 11) is 0. The van der Waals surface area contributed by atoms with E-state index in [0.29, 0.717) is 5.75 Å². The second-order valence-corrected chi connectivity index (χ2v) is 4.17. The van der Waals surface area contributed by atoms with Crippen LogP contribution >= 0.6 is 0 Å². The molecule has 104 valence electrons. The molecule has 0 aromatic heterocycles. The molecule has 1 unspecified atom stereocenters. The van der Waals surface area contributed by atoms with Crippen molar-refractivity contribution in [1.29, 1.82) is 0 Å². The fourth-order valence-corrected chi connectivity index (χ4v) is 1.58. The zero-order valence-electron chi connectivity index (χ0n) is 11.1. The SMILES string of the molecule is CC[C@H](N)c1ccccc1OC(C)C(=O)NC(N)=O. The molecule has 0 bridgehead atoms. The van der Waals surface area contributed by atoms with Gasteiger partial charge in [0.2, 0.25) is 0 Å². The van der Waals surface area contributed by atoms with Crippen LogP contribution in [-0.4, -0.2) is 18.0 Å². The highest BCUT2D eigenvalue weighted by Crippen LogP contribution is 2.26. The van der Waals surface area contributed by atoms with Crippen molar-refractivity contribution >= 4 is 11.9 Å². The van der Waals surface area contributed by atoms with Crippen LogP contribution in [0.5, 0.6) is 5.75 Å². The maximum absolute atomic E-state index is 11.5. The number of nitrogens with one attached hydrogen (secondary N) is 1. The molecule has 1 aromatic rings. The van der Waals surface area contributed by atoms with Gasteiger partial charge in [0.1, 0.15) is 5.75 Å². The van der Waals surface area contributed by atoms with E-state index in [9.17, 15) is 9.59 Å². The third-order valence-corrected chi connectivity index (χ3v) is 2.68. The van der Waals surface area contributed by atoms with E-state index in [4.69, 9.17) is 16.2 Å². The fourth-order valence-electron chi connectivity index (χ4n) is 1.58. The molecule has 0 heterocycles. The van der Waals surface area contributed by atoms with Crippen molar-refractivity contribution in [3.8, 4) is 5.75 Å². The summed E-state index contributed by atoms with van der Waals surface area (Å²) >= 11 is 0. The number of rotatable bonds is 5. The monoisotopic (exact) mass is 265 g/mol. The van der Waals surface area contributed by atoms with Crippen molar-refractivity contribution in [3.63, 3.8) is 0 Å². The molecule has 19 heavy (non-hydrogen) atoms. The van der Waals surface area contributed by atoms with Gasteiger partial charge in [-0.15, -0.1) is 0 Å². The molecule has 1 aromatic carbocycles. The Hall–Kier alpha value is -2.08. The molecule has 0 aliphatic rings. The topological polar surface area (TPSA) is 107 Å². The molecule has 0 saturated heterocycles. The van der Waals surface area contributed by atoms with Gasteiger partial charge in [-0.25, -0.2) is 4.79 Å². The van der Waals surface area contributed by atoms with Crippen LogP contribution in [0.25, 0.3) is 0 Å². The van der Waals surface area contributed by atoms with E-state index in [1.54, 1.807) is 12.1 Å². The molecule has 0 spiro atoms. The van der Waals surface area contributed by atoms with Crippen LogP contribution in [0.1, 0.15) is 31.9 Å². The minimum atomic E-state index is -0.904. The molecule has 0 aliphatic carbocycles. The van der Waals surface area contributed by atoms with Gasteiger partial charge in [-0.1, -0.05) is 25.1 Å². The summed E-state index contributed by atoms with van der Waals surface area (Å²) in [6, 6.07) is 6.16. The van der Waals surface area contributed by atoms with E-state index < -0.39 is 18.0 Å². The number of carbonyl (C=O) groups excluding carboxylic acids is 2. The van der Waals surface area contributed by atoms with E-state index >= 15 is 0 Å². The molecule has 0 aliphatic heterocycles. The van der Waals surface area contributed by atoms with E-state index in [-0.39, 0.29) is 6.04 Å². The van der Waals surface area contributed by atoms with Gasteiger partial charge >= 0.3 is 6.03 Å². The number of urea groups is 1. The number of amides is 3. The highest BCUT2D eigenvalue weighted by atomic mass is 16.5. The number of para-hydroxylation sites is 1. The summed E-state index contributed by atoms with van der Waals surface area (Å²) in [5.41, 5.74) is 11.7. The maximum atomic E-state index is 11.5. The number of imide groups is 1. The molecule has 6 heteroatoms. The minimum absolute atomic E-state index is 0.164. The van der Waals surface area contributed by atoms with Gasteiger partial charge < -0.3 is 16.2 Å². The van der Waals surface area contributed by atoms with Crippen LogP contribution in [0, 0.1) is 0 Å². The number of nitrogens with two attached hydrogens (primary N) is 2. The van der Waals surface area contributed by atoms with Crippen LogP contribution in [0.2, 0.25) is 0 Å². The van der Waals surface area contributed by atoms with Crippen molar-refractivity contribution in [2.45, 2.75) is 32.4 Å². The second kappa shape index (κ2) is 6.75. The lowest BCUT2D eigenvalue weighted by Gasteiger charge is -2.19. The van der Waals surface area contributed by atoms with Gasteiger partial charge in [0.15, 0.2) is 6.10 Å². The Balaban J connectivity index is 2.81. The van der Waals surface area contributed by atoms with Gasteiger partial charge in [0.05, 0.1) is 0 Å². The van der Waals surface area contributed by atoms with Gasteiger partial charge in [-0.2, -0.15) is 0 Å². The first kappa shape index (κ1) is 15.0. The molecule has 3 amide bonds. The van der Waals surface area contributed by atoms with E-state index in [0.717, 1.165) is 12.0 Å². The Bertz CT molecular complexity index is 462. The van der Waals surface area contributed by atoms with Crippen LogP contribution < -0.4 is 21.5 Å². The van der Waals surface area contributed by atoms with Crippen molar-refractivity contribution in [3.05, 3.63) is 29.8 Å². The lowest BCUT2D eigenvalue weighted by atomic mass is 10.0. The number of primary amides is 1. The number of hydrogen-bond donors (Lipinski definition) is 3. The van der Waals surface area contributed by atoms with E-state index in [2.05, 4.69) is 0 Å². The van der Waals surface area contributed by atoms with Crippen molar-refractivity contribution in [1.82, 2.24) is 5.32 Å². The third-order valence-electron chi connectivity index (χ3n) is 2.68. The number of ether oxygens (including phenoxy) is 1. The summed E-state index contributed by atoms with van der Waals surface area (Å²) in [5.74, 6) is -0.0589. The molecular weight excluding hydrogens is 246 g/mol. The summed E-state index contributed by atoms with van der Waals surface area (Å²) in [6.45, 7) is 3.50. The quantitative estimate of drug-likeness (QED) is 0.739. The molecule has 0 fully saturated rings. The van der Waals surface area contributed by atoms with Gasteiger partial charge in [-0.05, 0) is 19.4 Å². The Kier molecular flexibility index (Phi) is 5.32. The first-order valence-corrected chi connectivity index (χ1v) is 6.07. The van der Waals surface area contributed by atoms with Crippen LogP contribution in [0.15, 0.2) is 24.3 Å². The predicted molar refractivity (Wildman–Crippen MR) is 71.5 cm³/mol. The zero-order chi connectivity index (χ0) is 14.4. The lowest BCUT2D eigenvalue weighted by molar-refractivity contribution is -0.126. The third kappa shape index (κ3) is 4.26. The normalized spacial score (nSPS) is 13.4. The average molecular weight is 265 g/mol. The Morgan fingerprint density at radius 3 is 2.58 bits per heavy atom. The van der Waals surface area contributed by atoms with Crippen molar-refractivity contribution < 1.29 is 14.3 Å². The van der Waals surface area contributed by atoms with E-state index in [1.807, 2.05) is 24.4 Å². The van der Waals surface area contributed by atoms with E-state index in [1.165, 1.54) is 6.92 Å². The smallest absolute Gasteiger partial charge is 0.318 e. The maximum Gasteiger partial charge on any atom is 0.318 e. The van der Waals surface area contributed by atoms with Gasteiger partial charge in [-0.3, -0.25) is 10.1 Å². The standard InChI is InChI=1S/C13H19N3O3/c1-3-10(14)9-6-4-5-7-11(9)19-8(2)12(17)16-13(15)18/h4-8,10H,3,14H2,1-2H3,(H3,15,16,17,18)/t8?,10-/m0/s1. The summed E-state index contributed by atoms with van der Waals surface area (Å²) in [6.07, 6.45) is -0.0832. The van der Waals surface area contributed by atoms with Gasteiger partial charge in [0, 0.05) is 11.6 Å². The van der Waals surface area contributed by atoms with Crippen LogP contribution in [0.3, 0.4) is 0 Å². The summed E-state index contributed by atoms with van der Waals surface area (Å²) in [5, 5.41) is 1.97. The first-order valence-electron chi connectivity index (χ1n) is 6.07. The zero-order valence-corrected chi connectivity index (χ0v) is 11.1. The van der Waals surface area contributed by atoms with Gasteiger partial charge in [0.25, 0.3) is 5.91 Å². The number of benzene rings is 1. The molecule has 2 atom stereocenters. The molecule has 5 N–H and O–H groups in total. The summed E-state index contributed by atoms with van der Waals surface area (Å²) in [4.78, 5) is 22.1. The lowest BCUT2D eigenvalue weighted by Crippen LogP contribution is -2.42. The Labute approximate surface area is 112 Å². The average Bonchev–Trinajstić information content (AvgIpc) is 2.37. The Morgan fingerprint density at radius 2 is 2.00 bits per heavy atom. The van der Waals surface area contributed by atoms with Crippen molar-refractivity contribution in [2.75, 3.05) is 0 Å². The fraction of sp³-hybridized carbons (Fsp3) is 0.385. The molecule has 6 nitrogen and oxygen atoms in total.